The van der Waals surface area contributed by atoms with Crippen LogP contribution in [0.5, 0.6) is 5.75 Å². The van der Waals surface area contributed by atoms with Crippen LogP contribution in [0.3, 0.4) is 0 Å². The van der Waals surface area contributed by atoms with Gasteiger partial charge >= 0.3 is 0 Å². The lowest BCUT2D eigenvalue weighted by atomic mass is 9.78. The predicted octanol–water partition coefficient (Wildman–Crippen LogP) is 2.20. The molecule has 0 bridgehead atoms. The maximum Gasteiger partial charge on any atom is 0.225 e. The van der Waals surface area contributed by atoms with Crippen LogP contribution >= 0.6 is 0 Å². The summed E-state index contributed by atoms with van der Waals surface area (Å²) < 4.78 is 18.8. The quantitative estimate of drug-likeness (QED) is 0.927. The molecule has 0 saturated carbocycles. The summed E-state index contributed by atoms with van der Waals surface area (Å²) >= 11 is 0. The van der Waals surface area contributed by atoms with Crippen molar-refractivity contribution >= 4 is 5.91 Å². The van der Waals surface area contributed by atoms with Gasteiger partial charge in [-0.2, -0.15) is 0 Å². The van der Waals surface area contributed by atoms with E-state index in [1.165, 1.54) is 12.5 Å². The number of piperidine rings is 1. The number of nitrogens with one attached hydrogen (secondary N) is 1. The summed E-state index contributed by atoms with van der Waals surface area (Å²) in [6, 6.07) is 6.28. The molecular formula is C17H23FN2O2. The molecule has 2 aliphatic rings. The van der Waals surface area contributed by atoms with Gasteiger partial charge in [-0.05, 0) is 43.4 Å². The van der Waals surface area contributed by atoms with Crippen molar-refractivity contribution in [3.05, 3.63) is 30.1 Å². The van der Waals surface area contributed by atoms with Gasteiger partial charge in [-0.25, -0.2) is 4.39 Å². The molecule has 1 spiro atoms. The highest BCUT2D eigenvalue weighted by molar-refractivity contribution is 5.76. The van der Waals surface area contributed by atoms with Crippen molar-refractivity contribution in [3.63, 3.8) is 0 Å². The zero-order valence-corrected chi connectivity index (χ0v) is 12.8. The van der Waals surface area contributed by atoms with Gasteiger partial charge in [0.2, 0.25) is 5.91 Å². The fourth-order valence-electron chi connectivity index (χ4n) is 3.42. The van der Waals surface area contributed by atoms with Crippen LogP contribution < -0.4 is 10.1 Å². The largest absolute Gasteiger partial charge is 0.490 e. The van der Waals surface area contributed by atoms with Gasteiger partial charge in [-0.15, -0.1) is 0 Å². The van der Waals surface area contributed by atoms with Crippen molar-refractivity contribution in [3.8, 4) is 5.75 Å². The number of ether oxygens (including phenoxy) is 1. The van der Waals surface area contributed by atoms with Crippen molar-refractivity contribution in [2.24, 2.45) is 5.41 Å². The minimum absolute atomic E-state index is 0.108. The molecule has 0 atom stereocenters. The summed E-state index contributed by atoms with van der Waals surface area (Å²) in [5, 5.41) is 3.43. The number of amides is 1. The number of halogens is 1. The third-order valence-electron chi connectivity index (χ3n) is 4.92. The monoisotopic (exact) mass is 306 g/mol. The molecule has 2 saturated heterocycles. The van der Waals surface area contributed by atoms with Crippen molar-refractivity contribution in [2.75, 3.05) is 32.8 Å². The Morgan fingerprint density at radius 1 is 1.27 bits per heavy atom. The van der Waals surface area contributed by atoms with E-state index in [0.29, 0.717) is 11.8 Å². The molecule has 0 aromatic heterocycles. The zero-order chi connectivity index (χ0) is 15.4. The average molecular weight is 306 g/mol. The molecule has 0 aliphatic carbocycles. The number of likely N-dealkylation sites (tertiary alicyclic amines) is 1. The number of para-hydroxylation sites is 1. The number of hydrogen-bond donors (Lipinski definition) is 1. The van der Waals surface area contributed by atoms with Crippen molar-refractivity contribution in [2.45, 2.75) is 25.7 Å². The highest BCUT2D eigenvalue weighted by Gasteiger charge is 2.37. The average Bonchev–Trinajstić information content (AvgIpc) is 2.98. The Hall–Kier alpha value is -1.62. The molecule has 1 amide bonds. The first-order chi connectivity index (χ1) is 10.7. The molecule has 4 nitrogen and oxygen atoms in total. The van der Waals surface area contributed by atoms with E-state index in [2.05, 4.69) is 5.32 Å². The Morgan fingerprint density at radius 3 is 2.73 bits per heavy atom. The molecule has 2 fully saturated rings. The van der Waals surface area contributed by atoms with Gasteiger partial charge in [-0.1, -0.05) is 12.1 Å². The maximum absolute atomic E-state index is 13.4. The molecule has 1 aromatic carbocycles. The summed E-state index contributed by atoms with van der Waals surface area (Å²) in [4.78, 5) is 14.1. The molecule has 0 radical (unpaired) electrons. The maximum atomic E-state index is 13.4. The van der Waals surface area contributed by atoms with Crippen molar-refractivity contribution in [1.82, 2.24) is 10.2 Å². The van der Waals surface area contributed by atoms with Crippen LogP contribution in [0.1, 0.15) is 25.7 Å². The lowest BCUT2D eigenvalue weighted by Gasteiger charge is -2.38. The number of benzene rings is 1. The molecule has 3 rings (SSSR count). The first-order valence-electron chi connectivity index (χ1n) is 8.04. The minimum atomic E-state index is -0.386. The van der Waals surface area contributed by atoms with Crippen LogP contribution in [-0.4, -0.2) is 43.6 Å². The summed E-state index contributed by atoms with van der Waals surface area (Å²) in [5.41, 5.74) is 0.417. The molecular weight excluding hydrogens is 283 g/mol. The van der Waals surface area contributed by atoms with Gasteiger partial charge < -0.3 is 15.0 Å². The van der Waals surface area contributed by atoms with Crippen LogP contribution in [0.15, 0.2) is 24.3 Å². The van der Waals surface area contributed by atoms with E-state index < -0.39 is 0 Å². The van der Waals surface area contributed by atoms with Gasteiger partial charge in [0, 0.05) is 19.6 Å². The number of carbonyl (C=O) groups is 1. The lowest BCUT2D eigenvalue weighted by Crippen LogP contribution is -2.44. The third kappa shape index (κ3) is 3.40. The van der Waals surface area contributed by atoms with Crippen LogP contribution in [0.4, 0.5) is 4.39 Å². The highest BCUT2D eigenvalue weighted by Crippen LogP contribution is 2.36. The predicted molar refractivity (Wildman–Crippen MR) is 82.2 cm³/mol. The van der Waals surface area contributed by atoms with Crippen molar-refractivity contribution in [1.29, 1.82) is 0 Å². The first kappa shape index (κ1) is 15.3. The van der Waals surface area contributed by atoms with Gasteiger partial charge in [-0.3, -0.25) is 4.79 Å². The zero-order valence-electron chi connectivity index (χ0n) is 12.8. The minimum Gasteiger partial charge on any atom is -0.490 e. The van der Waals surface area contributed by atoms with Gasteiger partial charge in [0.15, 0.2) is 11.6 Å². The Bertz CT molecular complexity index is 519. The fourth-order valence-corrected chi connectivity index (χ4v) is 3.42. The summed E-state index contributed by atoms with van der Waals surface area (Å²) in [7, 11) is 0. The van der Waals surface area contributed by atoms with Crippen LogP contribution in [0.25, 0.3) is 0 Å². The smallest absolute Gasteiger partial charge is 0.225 e. The van der Waals surface area contributed by atoms with Crippen LogP contribution in [0.2, 0.25) is 0 Å². The van der Waals surface area contributed by atoms with Gasteiger partial charge in [0.05, 0.1) is 13.0 Å². The van der Waals surface area contributed by atoms with Gasteiger partial charge in [0.25, 0.3) is 0 Å². The van der Waals surface area contributed by atoms with E-state index in [-0.39, 0.29) is 24.1 Å². The lowest BCUT2D eigenvalue weighted by molar-refractivity contribution is -0.133. The molecule has 0 unspecified atom stereocenters. The normalized spacial score (nSPS) is 20.3. The van der Waals surface area contributed by atoms with E-state index in [9.17, 15) is 9.18 Å². The second kappa shape index (κ2) is 6.65. The SMILES string of the molecule is O=C(CCOc1ccccc1F)N1CCC2(CCNC2)CC1. The molecule has 120 valence electrons. The number of carbonyl (C=O) groups excluding carboxylic acids is 1. The number of nitrogens with zero attached hydrogens (tertiary/aromatic N) is 1. The molecule has 2 heterocycles. The Labute approximate surface area is 130 Å². The van der Waals surface area contributed by atoms with E-state index >= 15 is 0 Å². The van der Waals surface area contributed by atoms with Gasteiger partial charge in [0.1, 0.15) is 0 Å². The summed E-state index contributed by atoms with van der Waals surface area (Å²) in [6.07, 6.45) is 3.70. The first-order valence-corrected chi connectivity index (χ1v) is 8.04. The van der Waals surface area contributed by atoms with Crippen LogP contribution in [-0.2, 0) is 4.79 Å². The topological polar surface area (TPSA) is 41.6 Å². The van der Waals surface area contributed by atoms with E-state index in [4.69, 9.17) is 4.74 Å². The summed E-state index contributed by atoms with van der Waals surface area (Å²) in [6.45, 7) is 4.08. The molecule has 22 heavy (non-hydrogen) atoms. The highest BCUT2D eigenvalue weighted by atomic mass is 19.1. The second-order valence-electron chi connectivity index (χ2n) is 6.34. The molecule has 1 N–H and O–H groups in total. The molecule has 2 aliphatic heterocycles. The Morgan fingerprint density at radius 2 is 2.05 bits per heavy atom. The van der Waals surface area contributed by atoms with E-state index in [0.717, 1.165) is 39.0 Å². The fraction of sp³-hybridized carbons (Fsp3) is 0.588. The van der Waals surface area contributed by atoms with Crippen LogP contribution in [0, 0.1) is 11.2 Å². The standard InChI is InChI=1S/C17H23FN2O2/c18-14-3-1-2-4-15(14)22-12-5-16(21)20-10-7-17(8-11-20)6-9-19-13-17/h1-4,19H,5-13H2. The molecule has 5 heteroatoms. The number of hydrogen-bond acceptors (Lipinski definition) is 3. The number of rotatable bonds is 4. The van der Waals surface area contributed by atoms with Crippen molar-refractivity contribution < 1.29 is 13.9 Å². The summed E-state index contributed by atoms with van der Waals surface area (Å²) in [5.74, 6) is -0.0642. The van der Waals surface area contributed by atoms with E-state index in [1.54, 1.807) is 18.2 Å². The van der Waals surface area contributed by atoms with E-state index in [1.807, 2.05) is 4.90 Å². The second-order valence-corrected chi connectivity index (χ2v) is 6.34. The third-order valence-corrected chi connectivity index (χ3v) is 4.92. The Kier molecular flexibility index (Phi) is 4.62. The molecule has 1 aromatic rings. The Balaban J connectivity index is 1.42.